The molecule has 0 atom stereocenters. The van der Waals surface area contributed by atoms with Crippen LogP contribution in [0, 0.1) is 0 Å². The lowest BCUT2D eigenvalue weighted by Gasteiger charge is -2.18. The molecule has 0 aliphatic heterocycles. The molecule has 0 saturated heterocycles. The van der Waals surface area contributed by atoms with E-state index >= 15 is 0 Å². The van der Waals surface area contributed by atoms with Crippen LogP contribution in [0.3, 0.4) is 0 Å². The fraction of sp³-hybridized carbons (Fsp3) is 0.583. The number of nitrogens with zero attached hydrogens (tertiary/aromatic N) is 3. The van der Waals surface area contributed by atoms with Crippen molar-refractivity contribution in [2.75, 3.05) is 19.6 Å². The smallest absolute Gasteiger partial charge is 0.223 e. The maximum Gasteiger partial charge on any atom is 0.223 e. The normalized spacial score (nSPS) is 10.2. The molecular weight excluding hydrogens is 216 g/mol. The number of hydrogen-bond acceptors (Lipinski definition) is 4. The molecule has 0 aliphatic carbocycles. The summed E-state index contributed by atoms with van der Waals surface area (Å²) in [6.45, 7) is 6.90. The fourth-order valence-corrected chi connectivity index (χ4v) is 1.57. The Hall–Kier alpha value is -1.49. The van der Waals surface area contributed by atoms with E-state index < -0.39 is 0 Å². The number of rotatable bonds is 7. The van der Waals surface area contributed by atoms with Gasteiger partial charge in [0.25, 0.3) is 0 Å². The molecule has 5 heteroatoms. The predicted molar refractivity (Wildman–Crippen MR) is 66.3 cm³/mol. The van der Waals surface area contributed by atoms with Crippen molar-refractivity contribution in [3.63, 3.8) is 0 Å². The summed E-state index contributed by atoms with van der Waals surface area (Å²) in [5, 5.41) is 3.20. The van der Waals surface area contributed by atoms with Crippen LogP contribution >= 0.6 is 0 Å². The van der Waals surface area contributed by atoms with Gasteiger partial charge in [0.2, 0.25) is 5.91 Å². The summed E-state index contributed by atoms with van der Waals surface area (Å²) in [4.78, 5) is 21.5. The topological polar surface area (TPSA) is 58.1 Å². The Balaban J connectivity index is 2.18. The van der Waals surface area contributed by atoms with E-state index in [1.165, 1.54) is 6.33 Å². The van der Waals surface area contributed by atoms with Gasteiger partial charge in [-0.15, -0.1) is 0 Å². The lowest BCUT2D eigenvalue weighted by atomic mass is 10.3. The minimum Gasteiger partial charge on any atom is -0.343 e. The second-order valence-corrected chi connectivity index (χ2v) is 3.69. The molecule has 0 radical (unpaired) electrons. The number of carbonyl (C=O) groups is 1. The van der Waals surface area contributed by atoms with E-state index in [2.05, 4.69) is 15.3 Å². The molecule has 0 unspecified atom stereocenters. The minimum absolute atomic E-state index is 0.199. The van der Waals surface area contributed by atoms with Crippen LogP contribution in [0.15, 0.2) is 18.6 Å². The zero-order valence-electron chi connectivity index (χ0n) is 10.5. The Labute approximate surface area is 102 Å². The monoisotopic (exact) mass is 236 g/mol. The van der Waals surface area contributed by atoms with Crippen LogP contribution in [0.25, 0.3) is 0 Å². The Morgan fingerprint density at radius 2 is 2.18 bits per heavy atom. The third-order valence-electron chi connectivity index (χ3n) is 2.58. The fourth-order valence-electron chi connectivity index (χ4n) is 1.57. The SMILES string of the molecule is CCN(CC)C(=O)CCNCc1ccncn1. The van der Waals surface area contributed by atoms with E-state index in [4.69, 9.17) is 0 Å². The Bertz CT molecular complexity index is 325. The number of amides is 1. The second-order valence-electron chi connectivity index (χ2n) is 3.69. The summed E-state index contributed by atoms with van der Waals surface area (Å²) in [6, 6.07) is 1.86. The Morgan fingerprint density at radius 1 is 1.41 bits per heavy atom. The van der Waals surface area contributed by atoms with Gasteiger partial charge in [0.1, 0.15) is 6.33 Å². The standard InChI is InChI=1S/C12H20N4O/c1-3-16(4-2)12(17)6-8-13-9-11-5-7-14-10-15-11/h5,7,10,13H,3-4,6,8-9H2,1-2H3. The third kappa shape index (κ3) is 4.91. The van der Waals surface area contributed by atoms with E-state index in [9.17, 15) is 4.79 Å². The van der Waals surface area contributed by atoms with E-state index in [1.54, 1.807) is 6.20 Å². The highest BCUT2D eigenvalue weighted by Gasteiger charge is 2.08. The lowest BCUT2D eigenvalue weighted by Crippen LogP contribution is -2.32. The van der Waals surface area contributed by atoms with Crippen LogP contribution < -0.4 is 5.32 Å². The van der Waals surface area contributed by atoms with Crippen molar-refractivity contribution < 1.29 is 4.79 Å². The molecule has 1 amide bonds. The van der Waals surface area contributed by atoms with Crippen LogP contribution in [0.5, 0.6) is 0 Å². The first-order valence-electron chi connectivity index (χ1n) is 6.01. The van der Waals surface area contributed by atoms with Gasteiger partial charge >= 0.3 is 0 Å². The summed E-state index contributed by atoms with van der Waals surface area (Å²) in [5.74, 6) is 0.199. The van der Waals surface area contributed by atoms with Gasteiger partial charge < -0.3 is 10.2 Å². The maximum absolute atomic E-state index is 11.7. The largest absolute Gasteiger partial charge is 0.343 e. The van der Waals surface area contributed by atoms with Crippen molar-refractivity contribution in [3.05, 3.63) is 24.3 Å². The lowest BCUT2D eigenvalue weighted by molar-refractivity contribution is -0.130. The molecule has 1 aromatic heterocycles. The van der Waals surface area contributed by atoms with E-state index in [1.807, 2.05) is 24.8 Å². The summed E-state index contributed by atoms with van der Waals surface area (Å²) < 4.78 is 0. The predicted octanol–water partition coefficient (Wildman–Crippen LogP) is 0.825. The van der Waals surface area contributed by atoms with Gasteiger partial charge in [0, 0.05) is 38.8 Å². The molecule has 0 fully saturated rings. The van der Waals surface area contributed by atoms with Crippen molar-refractivity contribution in [2.45, 2.75) is 26.8 Å². The van der Waals surface area contributed by atoms with Gasteiger partial charge in [-0.2, -0.15) is 0 Å². The molecule has 0 spiro atoms. The van der Waals surface area contributed by atoms with E-state index in [0.717, 1.165) is 18.8 Å². The summed E-state index contributed by atoms with van der Waals surface area (Å²) in [7, 11) is 0. The quantitative estimate of drug-likeness (QED) is 0.712. The van der Waals surface area contributed by atoms with Gasteiger partial charge in [-0.25, -0.2) is 9.97 Å². The highest BCUT2D eigenvalue weighted by molar-refractivity contribution is 5.76. The van der Waals surface area contributed by atoms with Gasteiger partial charge in [-0.3, -0.25) is 4.79 Å². The number of nitrogens with one attached hydrogen (secondary N) is 1. The van der Waals surface area contributed by atoms with Crippen LogP contribution in [0.1, 0.15) is 26.0 Å². The van der Waals surface area contributed by atoms with Crippen LogP contribution in [-0.2, 0) is 11.3 Å². The number of aromatic nitrogens is 2. The summed E-state index contributed by atoms with van der Waals surface area (Å²) in [6.07, 6.45) is 3.77. The molecule has 94 valence electrons. The van der Waals surface area contributed by atoms with Gasteiger partial charge in [-0.1, -0.05) is 0 Å². The molecule has 0 saturated carbocycles. The Morgan fingerprint density at radius 3 is 2.76 bits per heavy atom. The number of hydrogen-bond donors (Lipinski definition) is 1. The number of carbonyl (C=O) groups excluding carboxylic acids is 1. The van der Waals surface area contributed by atoms with Crippen molar-refractivity contribution >= 4 is 5.91 Å². The molecule has 5 nitrogen and oxygen atoms in total. The highest BCUT2D eigenvalue weighted by Crippen LogP contribution is 1.94. The van der Waals surface area contributed by atoms with Crippen LogP contribution in [0.2, 0.25) is 0 Å². The average Bonchev–Trinajstić information content (AvgIpc) is 2.37. The average molecular weight is 236 g/mol. The molecule has 0 aliphatic rings. The van der Waals surface area contributed by atoms with E-state index in [-0.39, 0.29) is 5.91 Å². The van der Waals surface area contributed by atoms with Crippen molar-refractivity contribution in [2.24, 2.45) is 0 Å². The zero-order chi connectivity index (χ0) is 12.5. The molecule has 1 rings (SSSR count). The molecule has 17 heavy (non-hydrogen) atoms. The first kappa shape index (κ1) is 13.6. The minimum atomic E-state index is 0.199. The van der Waals surface area contributed by atoms with Crippen molar-refractivity contribution in [1.82, 2.24) is 20.2 Å². The molecule has 0 bridgehead atoms. The summed E-state index contributed by atoms with van der Waals surface area (Å²) >= 11 is 0. The third-order valence-corrected chi connectivity index (χ3v) is 2.58. The zero-order valence-corrected chi connectivity index (χ0v) is 10.5. The molecule has 0 aromatic carbocycles. The Kier molecular flexibility index (Phi) is 6.17. The summed E-state index contributed by atoms with van der Waals surface area (Å²) in [5.41, 5.74) is 0.940. The van der Waals surface area contributed by atoms with Crippen molar-refractivity contribution in [1.29, 1.82) is 0 Å². The van der Waals surface area contributed by atoms with Crippen LogP contribution in [-0.4, -0.2) is 40.4 Å². The van der Waals surface area contributed by atoms with Crippen LogP contribution in [0.4, 0.5) is 0 Å². The van der Waals surface area contributed by atoms with Gasteiger partial charge in [-0.05, 0) is 19.9 Å². The maximum atomic E-state index is 11.7. The van der Waals surface area contributed by atoms with Gasteiger partial charge in [0.15, 0.2) is 0 Å². The first-order valence-corrected chi connectivity index (χ1v) is 6.01. The molecule has 1 N–H and O–H groups in total. The second kappa shape index (κ2) is 7.73. The molecular formula is C12H20N4O. The highest BCUT2D eigenvalue weighted by atomic mass is 16.2. The van der Waals surface area contributed by atoms with E-state index in [0.29, 0.717) is 19.5 Å². The molecule has 1 heterocycles. The first-order chi connectivity index (χ1) is 8.27. The van der Waals surface area contributed by atoms with Gasteiger partial charge in [0.05, 0.1) is 5.69 Å². The molecule has 1 aromatic rings. The van der Waals surface area contributed by atoms with Crippen molar-refractivity contribution in [3.8, 4) is 0 Å².